The van der Waals surface area contributed by atoms with Crippen molar-refractivity contribution >= 4 is 11.8 Å². The Morgan fingerprint density at radius 3 is 2.22 bits per heavy atom. The van der Waals surface area contributed by atoms with Gasteiger partial charge in [0, 0.05) is 18.7 Å². The lowest BCUT2D eigenvalue weighted by Gasteiger charge is -2.27. The number of rotatable bonds is 5. The van der Waals surface area contributed by atoms with Crippen LogP contribution in [0.25, 0.3) is 0 Å². The number of carbonyl (C=O) groups excluding carboxylic acids is 2. The van der Waals surface area contributed by atoms with Crippen LogP contribution in [0.3, 0.4) is 0 Å². The molecule has 0 fully saturated rings. The topological polar surface area (TPSA) is 49.4 Å². The second kappa shape index (κ2) is 7.46. The SMILES string of the molecule is O=C(NCc1ccccc1)[C@H](c1ccccc1)N1Cc2ccccc2C1=O. The first kappa shape index (κ1) is 17.0. The maximum Gasteiger partial charge on any atom is 0.255 e. The second-order valence-electron chi connectivity index (χ2n) is 6.61. The van der Waals surface area contributed by atoms with Crippen molar-refractivity contribution < 1.29 is 9.59 Å². The van der Waals surface area contributed by atoms with E-state index in [2.05, 4.69) is 5.32 Å². The fourth-order valence-electron chi connectivity index (χ4n) is 3.48. The molecule has 0 unspecified atom stereocenters. The highest BCUT2D eigenvalue weighted by molar-refractivity contribution is 6.01. The van der Waals surface area contributed by atoms with Gasteiger partial charge in [0.05, 0.1) is 0 Å². The zero-order valence-corrected chi connectivity index (χ0v) is 14.8. The highest BCUT2D eigenvalue weighted by Gasteiger charge is 2.36. The van der Waals surface area contributed by atoms with Crippen LogP contribution >= 0.6 is 0 Å². The summed E-state index contributed by atoms with van der Waals surface area (Å²) in [6.07, 6.45) is 0. The minimum absolute atomic E-state index is 0.102. The molecule has 0 saturated heterocycles. The quantitative estimate of drug-likeness (QED) is 0.758. The summed E-state index contributed by atoms with van der Waals surface area (Å²) in [6.45, 7) is 0.866. The van der Waals surface area contributed by atoms with Gasteiger partial charge >= 0.3 is 0 Å². The molecule has 0 aliphatic carbocycles. The van der Waals surface area contributed by atoms with Crippen LogP contribution in [0.1, 0.15) is 33.1 Å². The molecule has 1 N–H and O–H groups in total. The molecule has 27 heavy (non-hydrogen) atoms. The first-order chi connectivity index (χ1) is 13.2. The maximum absolute atomic E-state index is 13.1. The summed E-state index contributed by atoms with van der Waals surface area (Å²) in [5, 5.41) is 2.99. The van der Waals surface area contributed by atoms with Crippen molar-refractivity contribution in [3.05, 3.63) is 107 Å². The number of hydrogen-bond donors (Lipinski definition) is 1. The average molecular weight is 356 g/mol. The number of carbonyl (C=O) groups is 2. The van der Waals surface area contributed by atoms with Crippen LogP contribution in [-0.2, 0) is 17.9 Å². The van der Waals surface area contributed by atoms with Gasteiger partial charge < -0.3 is 10.2 Å². The zero-order chi connectivity index (χ0) is 18.6. The van der Waals surface area contributed by atoms with Crippen molar-refractivity contribution in [2.45, 2.75) is 19.1 Å². The fourth-order valence-corrected chi connectivity index (χ4v) is 3.48. The summed E-state index contributed by atoms with van der Waals surface area (Å²) in [6, 6.07) is 26.1. The van der Waals surface area contributed by atoms with Gasteiger partial charge in [0.15, 0.2) is 0 Å². The Labute approximate surface area is 158 Å². The highest BCUT2D eigenvalue weighted by Crippen LogP contribution is 2.31. The molecular formula is C23H20N2O2. The standard InChI is InChI=1S/C23H20N2O2/c26-22(24-15-17-9-3-1-4-10-17)21(18-11-5-2-6-12-18)25-16-19-13-7-8-14-20(19)23(25)27/h1-14,21H,15-16H2,(H,24,26)/t21-/m0/s1. The summed E-state index contributed by atoms with van der Waals surface area (Å²) >= 11 is 0. The van der Waals surface area contributed by atoms with Gasteiger partial charge in [0.2, 0.25) is 5.91 Å². The average Bonchev–Trinajstić information content (AvgIpc) is 3.05. The number of hydrogen-bond acceptors (Lipinski definition) is 2. The highest BCUT2D eigenvalue weighted by atomic mass is 16.2. The van der Waals surface area contributed by atoms with E-state index in [4.69, 9.17) is 0 Å². The summed E-state index contributed by atoms with van der Waals surface area (Å²) < 4.78 is 0. The van der Waals surface area contributed by atoms with Crippen LogP contribution in [0.4, 0.5) is 0 Å². The minimum atomic E-state index is -0.658. The number of nitrogens with zero attached hydrogens (tertiary/aromatic N) is 1. The molecule has 0 bridgehead atoms. The number of benzene rings is 3. The third-order valence-electron chi connectivity index (χ3n) is 4.83. The van der Waals surface area contributed by atoms with Crippen molar-refractivity contribution in [2.24, 2.45) is 0 Å². The molecule has 0 saturated carbocycles. The van der Waals surface area contributed by atoms with Gasteiger partial charge in [-0.05, 0) is 22.8 Å². The smallest absolute Gasteiger partial charge is 0.255 e. The van der Waals surface area contributed by atoms with Gasteiger partial charge in [0.25, 0.3) is 5.91 Å². The first-order valence-electron chi connectivity index (χ1n) is 8.99. The molecule has 1 aliphatic rings. The van der Waals surface area contributed by atoms with Crippen LogP contribution in [0, 0.1) is 0 Å². The molecule has 3 aromatic carbocycles. The van der Waals surface area contributed by atoms with Crippen LogP contribution < -0.4 is 5.32 Å². The Bertz CT molecular complexity index is 954. The van der Waals surface area contributed by atoms with E-state index in [1.807, 2.05) is 84.9 Å². The molecule has 4 nitrogen and oxygen atoms in total. The van der Waals surface area contributed by atoms with Gasteiger partial charge in [-0.3, -0.25) is 9.59 Å². The van der Waals surface area contributed by atoms with Crippen LogP contribution in [-0.4, -0.2) is 16.7 Å². The van der Waals surface area contributed by atoms with E-state index < -0.39 is 6.04 Å². The first-order valence-corrected chi connectivity index (χ1v) is 8.99. The molecule has 1 heterocycles. The summed E-state index contributed by atoms with van der Waals surface area (Å²) in [5.74, 6) is -0.277. The molecular weight excluding hydrogens is 336 g/mol. The van der Waals surface area contributed by atoms with E-state index >= 15 is 0 Å². The maximum atomic E-state index is 13.1. The predicted octanol–water partition coefficient (Wildman–Crippen LogP) is 3.70. The molecule has 0 aromatic heterocycles. The lowest BCUT2D eigenvalue weighted by atomic mass is 10.0. The summed E-state index contributed by atoms with van der Waals surface area (Å²) in [7, 11) is 0. The normalized spacial score (nSPS) is 13.9. The van der Waals surface area contributed by atoms with Gasteiger partial charge in [-0.2, -0.15) is 0 Å². The third-order valence-corrected chi connectivity index (χ3v) is 4.83. The summed E-state index contributed by atoms with van der Waals surface area (Å²) in [4.78, 5) is 27.7. The van der Waals surface area contributed by atoms with Gasteiger partial charge in [-0.25, -0.2) is 0 Å². The number of amides is 2. The van der Waals surface area contributed by atoms with E-state index in [-0.39, 0.29) is 11.8 Å². The Morgan fingerprint density at radius 1 is 0.889 bits per heavy atom. The molecule has 2 amide bonds. The molecule has 134 valence electrons. The lowest BCUT2D eigenvalue weighted by molar-refractivity contribution is -0.126. The van der Waals surface area contributed by atoms with Gasteiger partial charge in [0.1, 0.15) is 6.04 Å². The van der Waals surface area contributed by atoms with E-state index in [9.17, 15) is 9.59 Å². The molecule has 0 spiro atoms. The van der Waals surface area contributed by atoms with Crippen molar-refractivity contribution in [3.63, 3.8) is 0 Å². The van der Waals surface area contributed by atoms with E-state index in [0.29, 0.717) is 18.7 Å². The Morgan fingerprint density at radius 2 is 1.52 bits per heavy atom. The van der Waals surface area contributed by atoms with Crippen molar-refractivity contribution in [2.75, 3.05) is 0 Å². The molecule has 4 rings (SSSR count). The zero-order valence-electron chi connectivity index (χ0n) is 14.8. The van der Waals surface area contributed by atoms with Crippen LogP contribution in [0.2, 0.25) is 0 Å². The van der Waals surface area contributed by atoms with E-state index in [0.717, 1.165) is 16.7 Å². The third kappa shape index (κ3) is 3.47. The molecule has 1 atom stereocenters. The predicted molar refractivity (Wildman–Crippen MR) is 104 cm³/mol. The van der Waals surface area contributed by atoms with E-state index in [1.54, 1.807) is 4.90 Å². The Balaban J connectivity index is 1.61. The minimum Gasteiger partial charge on any atom is -0.350 e. The Hall–Kier alpha value is -3.40. The van der Waals surface area contributed by atoms with Crippen molar-refractivity contribution in [3.8, 4) is 0 Å². The van der Waals surface area contributed by atoms with Gasteiger partial charge in [-0.1, -0.05) is 78.9 Å². The fraction of sp³-hybridized carbons (Fsp3) is 0.130. The van der Waals surface area contributed by atoms with Crippen molar-refractivity contribution in [1.29, 1.82) is 0 Å². The van der Waals surface area contributed by atoms with Crippen LogP contribution in [0.5, 0.6) is 0 Å². The second-order valence-corrected chi connectivity index (χ2v) is 6.61. The van der Waals surface area contributed by atoms with Gasteiger partial charge in [-0.15, -0.1) is 0 Å². The van der Waals surface area contributed by atoms with E-state index in [1.165, 1.54) is 0 Å². The van der Waals surface area contributed by atoms with Crippen LogP contribution in [0.15, 0.2) is 84.9 Å². The monoisotopic (exact) mass is 356 g/mol. The molecule has 1 aliphatic heterocycles. The molecule has 3 aromatic rings. The lowest BCUT2D eigenvalue weighted by Crippen LogP contribution is -2.40. The van der Waals surface area contributed by atoms with Crippen molar-refractivity contribution in [1.82, 2.24) is 10.2 Å². The summed E-state index contributed by atoms with van der Waals surface area (Å²) in [5.41, 5.74) is 3.46. The Kier molecular flexibility index (Phi) is 4.71. The number of nitrogens with one attached hydrogen (secondary N) is 1. The molecule has 4 heteroatoms. The largest absolute Gasteiger partial charge is 0.350 e. The number of fused-ring (bicyclic) bond motifs is 1. The molecule has 0 radical (unpaired) electrons.